The maximum atomic E-state index is 13.1. The maximum Gasteiger partial charge on any atom is 0.320 e. The first-order valence-electron chi connectivity index (χ1n) is 9.18. The highest BCUT2D eigenvalue weighted by atomic mass is 16.5. The van der Waals surface area contributed by atoms with Gasteiger partial charge in [0.05, 0.1) is 13.2 Å². The second-order valence-electron chi connectivity index (χ2n) is 6.93. The fourth-order valence-corrected chi connectivity index (χ4v) is 3.51. The molecule has 142 valence electrons. The van der Waals surface area contributed by atoms with E-state index in [0.29, 0.717) is 26.3 Å². The summed E-state index contributed by atoms with van der Waals surface area (Å²) in [6, 6.07) is 20.2. The molecule has 2 aromatic carbocycles. The van der Waals surface area contributed by atoms with Crippen LogP contribution >= 0.6 is 0 Å². The highest BCUT2D eigenvalue weighted by Crippen LogP contribution is 2.41. The van der Waals surface area contributed by atoms with Crippen LogP contribution in [0.1, 0.15) is 11.1 Å². The minimum atomic E-state index is -0.664. The standard InChI is InChI=1S/C22H27N3O2/c1-24(2)21(26)25-16-19(18-9-5-3-6-10-18)15-22(25,17-27-14-13-23)20-11-7-4-8-12-20/h3-12,15H,13-14,16-17,23H2,1-2H3. The first-order chi connectivity index (χ1) is 13.1. The van der Waals surface area contributed by atoms with Gasteiger partial charge in [-0.25, -0.2) is 4.79 Å². The summed E-state index contributed by atoms with van der Waals surface area (Å²) in [5.74, 6) is 0. The summed E-state index contributed by atoms with van der Waals surface area (Å²) in [5.41, 5.74) is 8.23. The molecule has 1 aliphatic heterocycles. The lowest BCUT2D eigenvalue weighted by Crippen LogP contribution is -2.52. The minimum absolute atomic E-state index is 0.0441. The van der Waals surface area contributed by atoms with Crippen LogP contribution in [0, 0.1) is 0 Å². The highest BCUT2D eigenvalue weighted by Gasteiger charge is 2.45. The number of carbonyl (C=O) groups is 1. The van der Waals surface area contributed by atoms with Crippen LogP contribution in [0.5, 0.6) is 0 Å². The number of nitrogens with two attached hydrogens (primary N) is 1. The SMILES string of the molecule is CN(C)C(=O)N1CC(c2ccccc2)=CC1(COCCN)c1ccccc1. The summed E-state index contributed by atoms with van der Waals surface area (Å²) in [6.07, 6.45) is 2.18. The van der Waals surface area contributed by atoms with Gasteiger partial charge in [-0.05, 0) is 22.8 Å². The number of ether oxygens (including phenoxy) is 1. The minimum Gasteiger partial charge on any atom is -0.377 e. The van der Waals surface area contributed by atoms with E-state index < -0.39 is 5.54 Å². The molecule has 5 heteroatoms. The zero-order valence-electron chi connectivity index (χ0n) is 16.0. The van der Waals surface area contributed by atoms with Gasteiger partial charge in [0.1, 0.15) is 5.54 Å². The molecule has 0 bridgehead atoms. The van der Waals surface area contributed by atoms with Crippen molar-refractivity contribution in [1.82, 2.24) is 9.80 Å². The molecule has 3 rings (SSSR count). The average molecular weight is 365 g/mol. The molecule has 0 fully saturated rings. The topological polar surface area (TPSA) is 58.8 Å². The third kappa shape index (κ3) is 3.89. The fourth-order valence-electron chi connectivity index (χ4n) is 3.51. The molecule has 0 saturated heterocycles. The third-order valence-electron chi connectivity index (χ3n) is 4.84. The molecular formula is C22H27N3O2. The van der Waals surface area contributed by atoms with Crippen molar-refractivity contribution in [1.29, 1.82) is 0 Å². The van der Waals surface area contributed by atoms with Crippen molar-refractivity contribution in [2.45, 2.75) is 5.54 Å². The first kappa shape index (κ1) is 19.1. The van der Waals surface area contributed by atoms with Gasteiger partial charge in [0.25, 0.3) is 0 Å². The first-order valence-corrected chi connectivity index (χ1v) is 9.18. The lowest BCUT2D eigenvalue weighted by Gasteiger charge is -2.39. The Kier molecular flexibility index (Phi) is 5.94. The van der Waals surface area contributed by atoms with Crippen LogP contribution < -0.4 is 5.73 Å². The van der Waals surface area contributed by atoms with Gasteiger partial charge in [0.2, 0.25) is 0 Å². The van der Waals surface area contributed by atoms with Crippen LogP contribution in [-0.4, -0.2) is 56.2 Å². The van der Waals surface area contributed by atoms with Crippen LogP contribution in [0.3, 0.4) is 0 Å². The molecule has 0 saturated carbocycles. The number of urea groups is 1. The van der Waals surface area contributed by atoms with Gasteiger partial charge >= 0.3 is 6.03 Å². The molecule has 0 radical (unpaired) electrons. The van der Waals surface area contributed by atoms with E-state index in [4.69, 9.17) is 10.5 Å². The molecule has 1 unspecified atom stereocenters. The van der Waals surface area contributed by atoms with Crippen molar-refractivity contribution in [3.8, 4) is 0 Å². The van der Waals surface area contributed by atoms with E-state index in [1.165, 1.54) is 0 Å². The summed E-state index contributed by atoms with van der Waals surface area (Å²) in [7, 11) is 3.55. The van der Waals surface area contributed by atoms with Crippen LogP contribution in [0.4, 0.5) is 4.79 Å². The Morgan fingerprint density at radius 2 is 1.74 bits per heavy atom. The number of hydrogen-bond donors (Lipinski definition) is 1. The van der Waals surface area contributed by atoms with E-state index in [2.05, 4.69) is 18.2 Å². The van der Waals surface area contributed by atoms with Crippen LogP contribution in [0.15, 0.2) is 66.7 Å². The van der Waals surface area contributed by atoms with E-state index in [-0.39, 0.29) is 6.03 Å². The lowest BCUT2D eigenvalue weighted by molar-refractivity contribution is 0.0424. The van der Waals surface area contributed by atoms with Crippen molar-refractivity contribution in [2.75, 3.05) is 40.4 Å². The monoisotopic (exact) mass is 365 g/mol. The second kappa shape index (κ2) is 8.37. The van der Waals surface area contributed by atoms with Gasteiger partial charge in [-0.15, -0.1) is 0 Å². The maximum absolute atomic E-state index is 13.1. The molecule has 1 aliphatic rings. The Morgan fingerprint density at radius 3 is 2.33 bits per heavy atom. The number of nitrogens with zero attached hydrogens (tertiary/aromatic N) is 2. The smallest absolute Gasteiger partial charge is 0.320 e. The number of amides is 2. The van der Waals surface area contributed by atoms with Gasteiger partial charge in [0.15, 0.2) is 0 Å². The van der Waals surface area contributed by atoms with E-state index >= 15 is 0 Å². The third-order valence-corrected chi connectivity index (χ3v) is 4.84. The predicted octanol–water partition coefficient (Wildman–Crippen LogP) is 2.94. The molecule has 5 nitrogen and oxygen atoms in total. The molecule has 1 heterocycles. The number of hydrogen-bond acceptors (Lipinski definition) is 3. The second-order valence-corrected chi connectivity index (χ2v) is 6.93. The summed E-state index contributed by atoms with van der Waals surface area (Å²) < 4.78 is 5.89. The predicted molar refractivity (Wildman–Crippen MR) is 108 cm³/mol. The molecule has 0 spiro atoms. The summed E-state index contributed by atoms with van der Waals surface area (Å²) >= 11 is 0. The van der Waals surface area contributed by atoms with Crippen molar-refractivity contribution < 1.29 is 9.53 Å². The molecule has 2 aromatic rings. The zero-order valence-corrected chi connectivity index (χ0v) is 16.0. The molecule has 2 N–H and O–H groups in total. The Bertz CT molecular complexity index is 790. The summed E-state index contributed by atoms with van der Waals surface area (Å²) in [6.45, 7) is 1.79. The normalized spacial score (nSPS) is 19.1. The van der Waals surface area contributed by atoms with E-state index in [1.54, 1.807) is 19.0 Å². The van der Waals surface area contributed by atoms with Crippen LogP contribution in [0.25, 0.3) is 5.57 Å². The lowest BCUT2D eigenvalue weighted by atomic mass is 9.89. The van der Waals surface area contributed by atoms with Crippen LogP contribution in [-0.2, 0) is 10.3 Å². The highest BCUT2D eigenvalue weighted by molar-refractivity contribution is 5.83. The molecule has 2 amide bonds. The van der Waals surface area contributed by atoms with E-state index in [1.807, 2.05) is 53.4 Å². The zero-order chi connectivity index (χ0) is 19.3. The number of rotatable bonds is 6. The number of benzene rings is 2. The van der Waals surface area contributed by atoms with Gasteiger partial charge in [-0.1, -0.05) is 60.7 Å². The van der Waals surface area contributed by atoms with Gasteiger partial charge in [0, 0.05) is 27.2 Å². The fraction of sp³-hybridized carbons (Fsp3) is 0.318. The molecule has 27 heavy (non-hydrogen) atoms. The molecule has 0 aliphatic carbocycles. The molecular weight excluding hydrogens is 338 g/mol. The van der Waals surface area contributed by atoms with Crippen molar-refractivity contribution in [3.63, 3.8) is 0 Å². The summed E-state index contributed by atoms with van der Waals surface area (Å²) in [5, 5.41) is 0. The van der Waals surface area contributed by atoms with E-state index in [9.17, 15) is 4.79 Å². The number of carbonyl (C=O) groups excluding carboxylic acids is 1. The Labute approximate surface area is 161 Å². The van der Waals surface area contributed by atoms with Gasteiger partial charge in [-0.2, -0.15) is 0 Å². The molecule has 0 aromatic heterocycles. The average Bonchev–Trinajstić information content (AvgIpc) is 3.09. The van der Waals surface area contributed by atoms with Gasteiger partial charge < -0.3 is 20.3 Å². The Morgan fingerprint density at radius 1 is 1.11 bits per heavy atom. The Balaban J connectivity index is 2.10. The van der Waals surface area contributed by atoms with Crippen molar-refractivity contribution in [3.05, 3.63) is 77.9 Å². The quantitative estimate of drug-likeness (QED) is 0.801. The van der Waals surface area contributed by atoms with E-state index in [0.717, 1.165) is 16.7 Å². The van der Waals surface area contributed by atoms with Crippen molar-refractivity contribution in [2.24, 2.45) is 5.73 Å². The van der Waals surface area contributed by atoms with Gasteiger partial charge in [-0.3, -0.25) is 0 Å². The largest absolute Gasteiger partial charge is 0.377 e. The molecule has 1 atom stereocenters. The Hall–Kier alpha value is -2.63. The summed E-state index contributed by atoms with van der Waals surface area (Å²) in [4.78, 5) is 16.6. The van der Waals surface area contributed by atoms with Crippen molar-refractivity contribution >= 4 is 11.6 Å². The van der Waals surface area contributed by atoms with Crippen LogP contribution in [0.2, 0.25) is 0 Å².